The van der Waals surface area contributed by atoms with Gasteiger partial charge in [0.1, 0.15) is 11.0 Å². The first-order chi connectivity index (χ1) is 12.8. The number of methoxy groups -OCH3 is 1. The van der Waals surface area contributed by atoms with E-state index in [-0.39, 0.29) is 4.90 Å². The maximum absolute atomic E-state index is 13.3. The number of fused-ring (bicyclic) bond motifs is 1. The molecule has 0 saturated heterocycles. The molecule has 0 aliphatic rings. The number of rotatable bonds is 6. The largest absolute Gasteiger partial charge is 0.497 e. The minimum absolute atomic E-state index is 0.0644. The van der Waals surface area contributed by atoms with Crippen LogP contribution in [0.4, 0.5) is 0 Å². The van der Waals surface area contributed by atoms with Gasteiger partial charge in [0.2, 0.25) is 0 Å². The van der Waals surface area contributed by atoms with Gasteiger partial charge in [-0.3, -0.25) is 4.79 Å². The molecule has 1 N–H and O–H groups in total. The first kappa shape index (κ1) is 18.9. The van der Waals surface area contributed by atoms with E-state index in [2.05, 4.69) is 0 Å². The second-order valence-corrected chi connectivity index (χ2v) is 8.44. The second kappa shape index (κ2) is 7.40. The van der Waals surface area contributed by atoms with Crippen molar-refractivity contribution in [3.8, 4) is 5.75 Å². The van der Waals surface area contributed by atoms with E-state index in [1.165, 1.54) is 26.2 Å². The maximum atomic E-state index is 13.3. The predicted octanol–water partition coefficient (Wildman–Crippen LogP) is 4.08. The van der Waals surface area contributed by atoms with Gasteiger partial charge in [-0.05, 0) is 46.7 Å². The fourth-order valence-electron chi connectivity index (χ4n) is 3.16. The molecule has 0 bridgehead atoms. The van der Waals surface area contributed by atoms with Crippen LogP contribution < -0.4 is 4.74 Å². The molecule has 27 heavy (non-hydrogen) atoms. The van der Waals surface area contributed by atoms with Crippen molar-refractivity contribution in [1.82, 2.24) is 0 Å². The summed E-state index contributed by atoms with van der Waals surface area (Å²) >= 11 is 0. The van der Waals surface area contributed by atoms with Crippen LogP contribution >= 0.6 is 0 Å². The van der Waals surface area contributed by atoms with E-state index in [0.29, 0.717) is 11.3 Å². The lowest BCUT2D eigenvalue weighted by atomic mass is 9.98. The fourth-order valence-corrected chi connectivity index (χ4v) is 5.13. The Labute approximate surface area is 158 Å². The molecule has 0 saturated carbocycles. The van der Waals surface area contributed by atoms with Gasteiger partial charge in [-0.15, -0.1) is 0 Å². The van der Waals surface area contributed by atoms with E-state index in [4.69, 9.17) is 4.74 Å². The molecular formula is C21H20O5S. The second-order valence-electron chi connectivity index (χ2n) is 6.37. The molecule has 0 aliphatic carbocycles. The number of hydrogen-bond acceptors (Lipinski definition) is 4. The Balaban J connectivity index is 2.15. The van der Waals surface area contributed by atoms with Crippen LogP contribution in [0.3, 0.4) is 0 Å². The van der Waals surface area contributed by atoms with Crippen molar-refractivity contribution in [2.24, 2.45) is 5.92 Å². The van der Waals surface area contributed by atoms with Gasteiger partial charge in [0, 0.05) is 0 Å². The summed E-state index contributed by atoms with van der Waals surface area (Å²) in [5.74, 6) is -1.74. The summed E-state index contributed by atoms with van der Waals surface area (Å²) in [4.78, 5) is 11.7. The van der Waals surface area contributed by atoms with Gasteiger partial charge in [0.25, 0.3) is 0 Å². The summed E-state index contributed by atoms with van der Waals surface area (Å²) in [6.07, 6.45) is 0. The number of benzene rings is 3. The van der Waals surface area contributed by atoms with Crippen LogP contribution in [0.25, 0.3) is 10.8 Å². The van der Waals surface area contributed by atoms with Crippen LogP contribution in [-0.2, 0) is 14.6 Å². The fraction of sp³-hybridized carbons (Fsp3) is 0.190. The van der Waals surface area contributed by atoms with Crippen LogP contribution in [-0.4, -0.2) is 26.6 Å². The smallest absolute Gasteiger partial charge is 0.307 e. The normalized spacial score (nSPS) is 13.9. The summed E-state index contributed by atoms with van der Waals surface area (Å²) in [6.45, 7) is 1.42. The molecule has 0 aliphatic heterocycles. The third kappa shape index (κ3) is 3.66. The Hall–Kier alpha value is -2.86. The van der Waals surface area contributed by atoms with Crippen molar-refractivity contribution in [3.63, 3.8) is 0 Å². The third-order valence-corrected chi connectivity index (χ3v) is 6.95. The lowest BCUT2D eigenvalue weighted by molar-refractivity contribution is -0.141. The lowest BCUT2D eigenvalue weighted by Gasteiger charge is -2.22. The van der Waals surface area contributed by atoms with Gasteiger partial charge in [-0.25, -0.2) is 8.42 Å². The molecule has 0 spiro atoms. The summed E-state index contributed by atoms with van der Waals surface area (Å²) in [7, 11) is -2.43. The Morgan fingerprint density at radius 2 is 1.59 bits per heavy atom. The lowest BCUT2D eigenvalue weighted by Crippen LogP contribution is -2.26. The molecule has 0 radical (unpaired) electrons. The Morgan fingerprint density at radius 1 is 0.963 bits per heavy atom. The van der Waals surface area contributed by atoms with Crippen molar-refractivity contribution in [2.45, 2.75) is 17.1 Å². The van der Waals surface area contributed by atoms with Gasteiger partial charge in [-0.1, -0.05) is 43.3 Å². The number of sulfone groups is 1. The highest BCUT2D eigenvalue weighted by Crippen LogP contribution is 2.37. The van der Waals surface area contributed by atoms with Gasteiger partial charge in [0.05, 0.1) is 17.9 Å². The van der Waals surface area contributed by atoms with Crippen LogP contribution in [0, 0.1) is 5.92 Å². The van der Waals surface area contributed by atoms with Gasteiger partial charge in [-0.2, -0.15) is 0 Å². The molecule has 0 aromatic heterocycles. The topological polar surface area (TPSA) is 80.7 Å². The number of carboxylic acids is 1. The van der Waals surface area contributed by atoms with E-state index in [9.17, 15) is 18.3 Å². The third-order valence-electron chi connectivity index (χ3n) is 4.67. The number of carboxylic acid groups (broad SMARTS) is 1. The highest BCUT2D eigenvalue weighted by atomic mass is 32.2. The van der Waals surface area contributed by atoms with Crippen molar-refractivity contribution in [2.75, 3.05) is 7.11 Å². The Morgan fingerprint density at radius 3 is 2.19 bits per heavy atom. The summed E-state index contributed by atoms with van der Waals surface area (Å²) in [5.41, 5.74) is 0.458. The molecule has 2 atom stereocenters. The van der Waals surface area contributed by atoms with Crippen molar-refractivity contribution in [1.29, 1.82) is 0 Å². The molecule has 3 rings (SSSR count). The van der Waals surface area contributed by atoms with E-state index in [1.807, 2.05) is 30.3 Å². The summed E-state index contributed by atoms with van der Waals surface area (Å²) < 4.78 is 31.7. The van der Waals surface area contributed by atoms with E-state index in [1.54, 1.807) is 24.3 Å². The first-order valence-electron chi connectivity index (χ1n) is 8.44. The van der Waals surface area contributed by atoms with E-state index in [0.717, 1.165) is 10.8 Å². The average Bonchev–Trinajstić information content (AvgIpc) is 2.67. The quantitative estimate of drug-likeness (QED) is 0.692. The Kier molecular flexibility index (Phi) is 5.19. The number of hydrogen-bond donors (Lipinski definition) is 1. The van der Waals surface area contributed by atoms with E-state index >= 15 is 0 Å². The van der Waals surface area contributed by atoms with Crippen LogP contribution in [0.5, 0.6) is 5.75 Å². The number of aliphatic carboxylic acids is 1. The molecule has 3 aromatic carbocycles. The monoisotopic (exact) mass is 384 g/mol. The molecule has 0 fully saturated rings. The van der Waals surface area contributed by atoms with Gasteiger partial charge < -0.3 is 9.84 Å². The summed E-state index contributed by atoms with van der Waals surface area (Å²) in [5, 5.41) is 10.2. The van der Waals surface area contributed by atoms with E-state index < -0.39 is 27.0 Å². The van der Waals surface area contributed by atoms with Crippen molar-refractivity contribution >= 4 is 26.6 Å². The van der Waals surface area contributed by atoms with Gasteiger partial charge in [0.15, 0.2) is 9.84 Å². The maximum Gasteiger partial charge on any atom is 0.307 e. The molecule has 0 amide bonds. The SMILES string of the molecule is COc1ccc(S(=O)(=O)C(c2ccc3ccccc3c2)C(C)C(=O)O)cc1. The summed E-state index contributed by atoms with van der Waals surface area (Å²) in [6, 6.07) is 18.8. The Bertz CT molecular complexity index is 1070. The predicted molar refractivity (Wildman–Crippen MR) is 104 cm³/mol. The zero-order chi connectivity index (χ0) is 19.6. The van der Waals surface area contributed by atoms with Crippen LogP contribution in [0.1, 0.15) is 17.7 Å². The minimum atomic E-state index is -3.93. The molecule has 5 nitrogen and oxygen atoms in total. The highest BCUT2D eigenvalue weighted by molar-refractivity contribution is 7.91. The highest BCUT2D eigenvalue weighted by Gasteiger charge is 2.37. The minimum Gasteiger partial charge on any atom is -0.497 e. The average molecular weight is 384 g/mol. The molecule has 2 unspecified atom stereocenters. The molecular weight excluding hydrogens is 364 g/mol. The zero-order valence-electron chi connectivity index (χ0n) is 15.0. The zero-order valence-corrected chi connectivity index (χ0v) is 15.8. The van der Waals surface area contributed by atoms with Crippen molar-refractivity contribution in [3.05, 3.63) is 72.3 Å². The molecule has 0 heterocycles. The molecule has 3 aromatic rings. The molecule has 140 valence electrons. The standard InChI is InChI=1S/C21H20O5S/c1-14(21(22)23)20(17-8-7-15-5-3-4-6-16(15)13-17)27(24,25)19-11-9-18(26-2)10-12-19/h3-14,20H,1-2H3,(H,22,23). The van der Waals surface area contributed by atoms with Crippen LogP contribution in [0.2, 0.25) is 0 Å². The number of carbonyl (C=O) groups is 1. The van der Waals surface area contributed by atoms with Crippen molar-refractivity contribution < 1.29 is 23.1 Å². The van der Waals surface area contributed by atoms with Gasteiger partial charge >= 0.3 is 5.97 Å². The first-order valence-corrected chi connectivity index (χ1v) is 9.98. The number of ether oxygens (including phenoxy) is 1. The van der Waals surface area contributed by atoms with Crippen LogP contribution in [0.15, 0.2) is 71.6 Å². The molecule has 6 heteroatoms.